The predicted octanol–water partition coefficient (Wildman–Crippen LogP) is 2.86. The summed E-state index contributed by atoms with van der Waals surface area (Å²) in [5.41, 5.74) is 1.00. The van der Waals surface area contributed by atoms with Crippen LogP contribution in [0.15, 0.2) is 22.6 Å². The van der Waals surface area contributed by atoms with Crippen LogP contribution in [0.25, 0.3) is 11.0 Å². The van der Waals surface area contributed by atoms with Crippen molar-refractivity contribution in [2.45, 2.75) is 32.7 Å². The molecule has 0 spiro atoms. The van der Waals surface area contributed by atoms with Gasteiger partial charge in [-0.2, -0.15) is 0 Å². The van der Waals surface area contributed by atoms with Gasteiger partial charge in [0.25, 0.3) is 5.91 Å². The monoisotopic (exact) mass is 293 g/mol. The Morgan fingerprint density at radius 3 is 2.81 bits per heavy atom. The summed E-state index contributed by atoms with van der Waals surface area (Å²) in [4.78, 5) is 22.6. The third-order valence-corrected chi connectivity index (χ3v) is 3.27. The number of hydrogen-bond donors (Lipinski definition) is 2. The van der Waals surface area contributed by atoms with E-state index in [2.05, 4.69) is 5.32 Å². The molecule has 1 unspecified atom stereocenters. The van der Waals surface area contributed by atoms with Gasteiger partial charge in [0.15, 0.2) is 5.76 Å². The first-order chi connectivity index (χ1) is 9.88. The van der Waals surface area contributed by atoms with Crippen LogP contribution in [0.2, 0.25) is 0 Å². The normalized spacial score (nSPS) is 12.3. The van der Waals surface area contributed by atoms with Gasteiger partial charge in [-0.3, -0.25) is 9.59 Å². The number of halogens is 1. The number of carbonyl (C=O) groups excluding carboxylic acids is 1. The molecular weight excluding hydrogens is 277 g/mol. The average molecular weight is 293 g/mol. The summed E-state index contributed by atoms with van der Waals surface area (Å²) in [6.07, 6.45) is 0.306. The van der Waals surface area contributed by atoms with Crippen molar-refractivity contribution in [2.24, 2.45) is 0 Å². The third-order valence-electron chi connectivity index (χ3n) is 3.27. The van der Waals surface area contributed by atoms with E-state index in [0.29, 0.717) is 23.0 Å². The molecule has 112 valence electrons. The van der Waals surface area contributed by atoms with Crippen LogP contribution in [-0.4, -0.2) is 23.0 Å². The number of aryl methyl sites for hydroxylation is 1. The number of furan rings is 1. The molecule has 0 aliphatic carbocycles. The van der Waals surface area contributed by atoms with Gasteiger partial charge in [-0.1, -0.05) is 0 Å². The fourth-order valence-electron chi connectivity index (χ4n) is 2.11. The molecule has 2 rings (SSSR count). The van der Waals surface area contributed by atoms with Gasteiger partial charge in [0.1, 0.15) is 11.4 Å². The smallest absolute Gasteiger partial charge is 0.303 e. The van der Waals surface area contributed by atoms with Crippen LogP contribution in [-0.2, 0) is 4.79 Å². The van der Waals surface area contributed by atoms with Crippen LogP contribution in [0.1, 0.15) is 35.9 Å². The highest BCUT2D eigenvalue weighted by atomic mass is 19.1. The number of amides is 1. The first-order valence-corrected chi connectivity index (χ1v) is 6.59. The summed E-state index contributed by atoms with van der Waals surface area (Å²) in [6.45, 7) is 3.40. The Labute approximate surface area is 120 Å². The van der Waals surface area contributed by atoms with Crippen LogP contribution in [0.5, 0.6) is 0 Å². The number of fused-ring (bicyclic) bond motifs is 1. The Hall–Kier alpha value is -2.37. The van der Waals surface area contributed by atoms with Gasteiger partial charge in [-0.05, 0) is 38.5 Å². The van der Waals surface area contributed by atoms with E-state index in [-0.39, 0.29) is 18.2 Å². The van der Waals surface area contributed by atoms with Crippen molar-refractivity contribution in [1.29, 1.82) is 0 Å². The zero-order valence-corrected chi connectivity index (χ0v) is 11.8. The largest absolute Gasteiger partial charge is 0.481 e. The first-order valence-electron chi connectivity index (χ1n) is 6.59. The van der Waals surface area contributed by atoms with Crippen LogP contribution < -0.4 is 5.32 Å². The SMILES string of the molecule is Cc1c(C(=O)NC(C)CCC(=O)O)oc2ccc(F)cc12. The lowest BCUT2D eigenvalue weighted by Gasteiger charge is -2.11. The summed E-state index contributed by atoms with van der Waals surface area (Å²) < 4.78 is 18.7. The second kappa shape index (κ2) is 5.95. The van der Waals surface area contributed by atoms with Crippen molar-refractivity contribution >= 4 is 22.8 Å². The summed E-state index contributed by atoms with van der Waals surface area (Å²) in [7, 11) is 0. The van der Waals surface area contributed by atoms with E-state index in [1.54, 1.807) is 13.8 Å². The molecule has 0 fully saturated rings. The molecule has 2 N–H and O–H groups in total. The maximum atomic E-state index is 13.2. The lowest BCUT2D eigenvalue weighted by atomic mass is 10.1. The Kier molecular flexibility index (Phi) is 4.26. The number of nitrogens with one attached hydrogen (secondary N) is 1. The highest BCUT2D eigenvalue weighted by Gasteiger charge is 2.19. The van der Waals surface area contributed by atoms with Gasteiger partial charge in [0, 0.05) is 23.4 Å². The molecule has 0 aliphatic heterocycles. The molecule has 6 heteroatoms. The molecule has 21 heavy (non-hydrogen) atoms. The minimum atomic E-state index is -0.911. The van der Waals surface area contributed by atoms with Crippen LogP contribution in [0.4, 0.5) is 4.39 Å². The molecule has 0 aliphatic rings. The zero-order chi connectivity index (χ0) is 15.6. The van der Waals surface area contributed by atoms with E-state index in [0.717, 1.165) is 0 Å². The maximum Gasteiger partial charge on any atom is 0.303 e. The predicted molar refractivity (Wildman–Crippen MR) is 74.7 cm³/mol. The molecular formula is C15H16FNO4. The number of carbonyl (C=O) groups is 2. The summed E-state index contributed by atoms with van der Waals surface area (Å²) in [5.74, 6) is -1.61. The van der Waals surface area contributed by atoms with Crippen LogP contribution in [0, 0.1) is 12.7 Å². The summed E-state index contributed by atoms with van der Waals surface area (Å²) in [6, 6.07) is 3.77. The van der Waals surface area contributed by atoms with Crippen LogP contribution >= 0.6 is 0 Å². The fourth-order valence-corrected chi connectivity index (χ4v) is 2.11. The topological polar surface area (TPSA) is 79.5 Å². The van der Waals surface area contributed by atoms with E-state index in [1.807, 2.05) is 0 Å². The van der Waals surface area contributed by atoms with E-state index < -0.39 is 17.7 Å². The average Bonchev–Trinajstić information content (AvgIpc) is 2.74. The molecule has 0 saturated heterocycles. The van der Waals surface area contributed by atoms with Crippen LogP contribution in [0.3, 0.4) is 0 Å². The van der Waals surface area contributed by atoms with E-state index in [4.69, 9.17) is 9.52 Å². The Bertz CT molecular complexity index is 692. The minimum absolute atomic E-state index is 0.0221. The lowest BCUT2D eigenvalue weighted by Crippen LogP contribution is -2.33. The molecule has 0 saturated carbocycles. The second-order valence-corrected chi connectivity index (χ2v) is 5.00. The van der Waals surface area contributed by atoms with Crippen molar-refractivity contribution in [1.82, 2.24) is 5.32 Å². The molecule has 0 bridgehead atoms. The number of carboxylic acid groups (broad SMARTS) is 1. The highest BCUT2D eigenvalue weighted by Crippen LogP contribution is 2.26. The van der Waals surface area contributed by atoms with E-state index in [1.165, 1.54) is 18.2 Å². The molecule has 1 aromatic heterocycles. The fraction of sp³-hybridized carbons (Fsp3) is 0.333. The van der Waals surface area contributed by atoms with Gasteiger partial charge >= 0.3 is 5.97 Å². The van der Waals surface area contributed by atoms with Crippen molar-refractivity contribution in [3.63, 3.8) is 0 Å². The zero-order valence-electron chi connectivity index (χ0n) is 11.8. The highest BCUT2D eigenvalue weighted by molar-refractivity contribution is 5.99. The molecule has 1 heterocycles. The van der Waals surface area contributed by atoms with E-state index in [9.17, 15) is 14.0 Å². The van der Waals surface area contributed by atoms with E-state index >= 15 is 0 Å². The molecule has 0 radical (unpaired) electrons. The molecule has 5 nitrogen and oxygen atoms in total. The Morgan fingerprint density at radius 1 is 1.43 bits per heavy atom. The first kappa shape index (κ1) is 15.0. The molecule has 1 atom stereocenters. The molecule has 1 amide bonds. The Morgan fingerprint density at radius 2 is 2.14 bits per heavy atom. The maximum absolute atomic E-state index is 13.2. The standard InChI is InChI=1S/C15H16FNO4/c1-8(3-6-13(18)19)17-15(20)14-9(2)11-7-10(16)4-5-12(11)21-14/h4-5,7-8H,3,6H2,1-2H3,(H,17,20)(H,18,19). The van der Waals surface area contributed by atoms with Gasteiger partial charge < -0.3 is 14.8 Å². The van der Waals surface area contributed by atoms with Gasteiger partial charge in [-0.25, -0.2) is 4.39 Å². The minimum Gasteiger partial charge on any atom is -0.481 e. The Balaban J connectivity index is 2.16. The summed E-state index contributed by atoms with van der Waals surface area (Å²) in [5, 5.41) is 11.8. The second-order valence-electron chi connectivity index (χ2n) is 5.00. The lowest BCUT2D eigenvalue weighted by molar-refractivity contribution is -0.137. The van der Waals surface area contributed by atoms with Gasteiger partial charge in [0.2, 0.25) is 0 Å². The van der Waals surface area contributed by atoms with Gasteiger partial charge in [0.05, 0.1) is 0 Å². The summed E-state index contributed by atoms with van der Waals surface area (Å²) >= 11 is 0. The van der Waals surface area contributed by atoms with Crippen molar-refractivity contribution in [3.05, 3.63) is 35.3 Å². The number of rotatable bonds is 5. The van der Waals surface area contributed by atoms with Crippen molar-refractivity contribution in [2.75, 3.05) is 0 Å². The molecule has 1 aromatic carbocycles. The number of carboxylic acids is 1. The quantitative estimate of drug-likeness (QED) is 0.888. The number of hydrogen-bond acceptors (Lipinski definition) is 3. The van der Waals surface area contributed by atoms with Gasteiger partial charge in [-0.15, -0.1) is 0 Å². The number of aliphatic carboxylic acids is 1. The molecule has 2 aromatic rings. The third kappa shape index (κ3) is 3.39. The van der Waals surface area contributed by atoms with Crippen molar-refractivity contribution < 1.29 is 23.5 Å². The van der Waals surface area contributed by atoms with Crippen molar-refractivity contribution in [3.8, 4) is 0 Å². The number of benzene rings is 1.